The molecular formula is C14H31N. The van der Waals surface area contributed by atoms with Gasteiger partial charge in [0.2, 0.25) is 0 Å². The Morgan fingerprint density at radius 1 is 0.800 bits per heavy atom. The lowest BCUT2D eigenvalue weighted by Gasteiger charge is -2.33. The average molecular weight is 213 g/mol. The van der Waals surface area contributed by atoms with Crippen molar-refractivity contribution in [1.29, 1.82) is 0 Å². The maximum atomic E-state index is 5.64. The summed E-state index contributed by atoms with van der Waals surface area (Å²) in [5, 5.41) is 0. The van der Waals surface area contributed by atoms with Crippen LogP contribution in [0, 0.1) is 5.41 Å². The van der Waals surface area contributed by atoms with Crippen LogP contribution in [0.15, 0.2) is 0 Å². The Bertz CT molecular complexity index is 133. The van der Waals surface area contributed by atoms with E-state index < -0.39 is 0 Å². The fourth-order valence-electron chi connectivity index (χ4n) is 2.66. The van der Waals surface area contributed by atoms with Crippen molar-refractivity contribution in [3.05, 3.63) is 0 Å². The first-order valence-corrected chi connectivity index (χ1v) is 6.94. The summed E-state index contributed by atoms with van der Waals surface area (Å²) in [4.78, 5) is 0. The molecule has 1 nitrogen and oxygen atoms in total. The zero-order valence-corrected chi connectivity index (χ0v) is 11.1. The monoisotopic (exact) mass is 213 g/mol. The van der Waals surface area contributed by atoms with Gasteiger partial charge in [-0.2, -0.15) is 0 Å². The molecule has 0 aliphatic heterocycles. The lowest BCUT2D eigenvalue weighted by atomic mass is 9.73. The Morgan fingerprint density at radius 2 is 1.47 bits per heavy atom. The van der Waals surface area contributed by atoms with E-state index in [1.807, 2.05) is 0 Å². The minimum atomic E-state index is 0.614. The molecule has 0 saturated heterocycles. The first-order chi connectivity index (χ1) is 7.24. The van der Waals surface area contributed by atoms with Crippen molar-refractivity contribution in [3.8, 4) is 0 Å². The summed E-state index contributed by atoms with van der Waals surface area (Å²) >= 11 is 0. The van der Waals surface area contributed by atoms with Gasteiger partial charge in [0.15, 0.2) is 0 Å². The van der Waals surface area contributed by atoms with Gasteiger partial charge < -0.3 is 5.73 Å². The molecule has 0 bridgehead atoms. The largest absolute Gasteiger partial charge is 0.330 e. The van der Waals surface area contributed by atoms with E-state index in [2.05, 4.69) is 20.8 Å². The molecule has 15 heavy (non-hydrogen) atoms. The number of rotatable bonds is 10. The van der Waals surface area contributed by atoms with Crippen LogP contribution in [0.25, 0.3) is 0 Å². The van der Waals surface area contributed by atoms with Gasteiger partial charge in [0.1, 0.15) is 0 Å². The molecule has 0 heterocycles. The van der Waals surface area contributed by atoms with Crippen molar-refractivity contribution in [2.45, 2.75) is 78.6 Å². The minimum Gasteiger partial charge on any atom is -0.330 e. The van der Waals surface area contributed by atoms with E-state index >= 15 is 0 Å². The Labute approximate surface area is 96.8 Å². The Kier molecular flexibility index (Phi) is 9.18. The summed E-state index contributed by atoms with van der Waals surface area (Å²) < 4.78 is 0. The van der Waals surface area contributed by atoms with Gasteiger partial charge in [0, 0.05) is 0 Å². The van der Waals surface area contributed by atoms with Gasteiger partial charge in [-0.05, 0) is 37.6 Å². The van der Waals surface area contributed by atoms with Crippen LogP contribution < -0.4 is 5.73 Å². The molecule has 0 spiro atoms. The lowest BCUT2D eigenvalue weighted by molar-refractivity contribution is 0.195. The molecule has 1 unspecified atom stereocenters. The third kappa shape index (κ3) is 6.19. The van der Waals surface area contributed by atoms with Crippen LogP contribution in [0.1, 0.15) is 78.6 Å². The van der Waals surface area contributed by atoms with Gasteiger partial charge in [0.25, 0.3) is 0 Å². The van der Waals surface area contributed by atoms with Gasteiger partial charge in [0.05, 0.1) is 0 Å². The molecule has 2 N–H and O–H groups in total. The molecule has 0 radical (unpaired) electrons. The van der Waals surface area contributed by atoms with E-state index in [9.17, 15) is 0 Å². The predicted octanol–water partition coefficient (Wildman–Crippen LogP) is 4.50. The molecule has 0 aromatic rings. The topological polar surface area (TPSA) is 26.0 Å². The van der Waals surface area contributed by atoms with Gasteiger partial charge >= 0.3 is 0 Å². The Hall–Kier alpha value is -0.0400. The van der Waals surface area contributed by atoms with E-state index in [4.69, 9.17) is 5.73 Å². The van der Waals surface area contributed by atoms with Crippen LogP contribution in [0.2, 0.25) is 0 Å². The quantitative estimate of drug-likeness (QED) is 0.531. The van der Waals surface area contributed by atoms with Crippen LogP contribution in [0.5, 0.6) is 0 Å². The molecule has 0 fully saturated rings. The molecule has 0 aromatic carbocycles. The normalized spacial score (nSPS) is 15.2. The highest BCUT2D eigenvalue weighted by Crippen LogP contribution is 2.38. The molecular weight excluding hydrogens is 182 g/mol. The van der Waals surface area contributed by atoms with Crippen LogP contribution >= 0.6 is 0 Å². The summed E-state index contributed by atoms with van der Waals surface area (Å²) in [5.74, 6) is 0. The number of unbranched alkanes of at least 4 members (excludes halogenated alkanes) is 2. The van der Waals surface area contributed by atoms with Crippen LogP contribution in [0.4, 0.5) is 0 Å². The number of hydrogen-bond donors (Lipinski definition) is 1. The third-order valence-electron chi connectivity index (χ3n) is 3.75. The molecule has 0 aromatic heterocycles. The van der Waals surface area contributed by atoms with E-state index in [0.29, 0.717) is 5.41 Å². The average Bonchev–Trinajstić information content (AvgIpc) is 2.26. The van der Waals surface area contributed by atoms with E-state index in [0.717, 1.165) is 6.54 Å². The minimum absolute atomic E-state index is 0.614. The summed E-state index contributed by atoms with van der Waals surface area (Å²) in [7, 11) is 0. The summed E-state index contributed by atoms with van der Waals surface area (Å²) in [6, 6.07) is 0. The highest BCUT2D eigenvalue weighted by Gasteiger charge is 2.25. The van der Waals surface area contributed by atoms with Crippen LogP contribution in [-0.2, 0) is 0 Å². The molecule has 1 atom stereocenters. The molecule has 0 saturated carbocycles. The van der Waals surface area contributed by atoms with Crippen molar-refractivity contribution >= 4 is 0 Å². The molecule has 0 amide bonds. The summed E-state index contributed by atoms with van der Waals surface area (Å²) in [6.07, 6.45) is 12.2. The van der Waals surface area contributed by atoms with Crippen molar-refractivity contribution in [2.75, 3.05) is 6.54 Å². The highest BCUT2D eigenvalue weighted by atomic mass is 14.5. The maximum absolute atomic E-state index is 5.64. The standard InChI is InChI=1S/C14H31N/c1-4-7-8-11-14(6-3,10-5-2)12-9-13-15/h4-13,15H2,1-3H3. The van der Waals surface area contributed by atoms with Gasteiger partial charge in [-0.15, -0.1) is 0 Å². The second-order valence-corrected chi connectivity index (χ2v) is 4.95. The zero-order valence-electron chi connectivity index (χ0n) is 11.1. The number of nitrogens with two attached hydrogens (primary N) is 1. The van der Waals surface area contributed by atoms with Crippen molar-refractivity contribution in [2.24, 2.45) is 11.1 Å². The molecule has 1 heteroatoms. The van der Waals surface area contributed by atoms with Crippen molar-refractivity contribution in [3.63, 3.8) is 0 Å². The predicted molar refractivity (Wildman–Crippen MR) is 70.1 cm³/mol. The van der Waals surface area contributed by atoms with Crippen LogP contribution in [0.3, 0.4) is 0 Å². The van der Waals surface area contributed by atoms with E-state index in [1.54, 1.807) is 0 Å². The zero-order chi connectivity index (χ0) is 11.6. The van der Waals surface area contributed by atoms with E-state index in [1.165, 1.54) is 57.8 Å². The molecule has 0 aliphatic rings. The molecule has 0 aliphatic carbocycles. The molecule has 92 valence electrons. The fraction of sp³-hybridized carbons (Fsp3) is 1.00. The van der Waals surface area contributed by atoms with Crippen molar-refractivity contribution in [1.82, 2.24) is 0 Å². The van der Waals surface area contributed by atoms with Gasteiger partial charge in [-0.3, -0.25) is 0 Å². The van der Waals surface area contributed by atoms with Crippen molar-refractivity contribution < 1.29 is 0 Å². The summed E-state index contributed by atoms with van der Waals surface area (Å²) in [5.41, 5.74) is 6.26. The lowest BCUT2D eigenvalue weighted by Crippen LogP contribution is -2.21. The second-order valence-electron chi connectivity index (χ2n) is 4.95. The fourth-order valence-corrected chi connectivity index (χ4v) is 2.66. The first-order valence-electron chi connectivity index (χ1n) is 6.94. The van der Waals surface area contributed by atoms with Gasteiger partial charge in [-0.25, -0.2) is 0 Å². The van der Waals surface area contributed by atoms with Gasteiger partial charge in [-0.1, -0.05) is 52.9 Å². The number of hydrogen-bond acceptors (Lipinski definition) is 1. The smallest absolute Gasteiger partial charge is 0.00771 e. The van der Waals surface area contributed by atoms with Crippen LogP contribution in [-0.4, -0.2) is 6.54 Å². The summed E-state index contributed by atoms with van der Waals surface area (Å²) in [6.45, 7) is 7.82. The SMILES string of the molecule is CCCCCC(CC)(CCC)CCCN. The molecule has 0 rings (SSSR count). The second kappa shape index (κ2) is 9.21. The Morgan fingerprint density at radius 3 is 1.93 bits per heavy atom. The third-order valence-corrected chi connectivity index (χ3v) is 3.75. The Balaban J connectivity index is 4.09. The maximum Gasteiger partial charge on any atom is -0.00771 e. The highest BCUT2D eigenvalue weighted by molar-refractivity contribution is 4.77. The first kappa shape index (κ1) is 15.0. The van der Waals surface area contributed by atoms with E-state index in [-0.39, 0.29) is 0 Å².